The minimum Gasteiger partial charge on any atom is -0.383 e. The second-order valence-corrected chi connectivity index (χ2v) is 9.61. The highest BCUT2D eigenvalue weighted by Crippen LogP contribution is 2.37. The zero-order chi connectivity index (χ0) is 21.4. The molecule has 4 fully saturated rings. The summed E-state index contributed by atoms with van der Waals surface area (Å²) in [5, 5.41) is 22.4. The van der Waals surface area contributed by atoms with E-state index in [1.54, 1.807) is 12.1 Å². The Hall–Kier alpha value is -2.32. The average Bonchev–Trinajstić information content (AvgIpc) is 3.44. The third-order valence-corrected chi connectivity index (χ3v) is 7.62. The Labute approximate surface area is 181 Å². The van der Waals surface area contributed by atoms with Crippen molar-refractivity contribution in [2.45, 2.75) is 63.3 Å². The van der Waals surface area contributed by atoms with Gasteiger partial charge in [-0.05, 0) is 36.5 Å². The fraction of sp³-hybridized carbons (Fsp3) is 0.609. The molecule has 3 N–H and O–H groups in total. The van der Waals surface area contributed by atoms with Crippen molar-refractivity contribution in [2.24, 2.45) is 11.8 Å². The van der Waals surface area contributed by atoms with Crippen molar-refractivity contribution in [1.29, 1.82) is 0 Å². The van der Waals surface area contributed by atoms with Crippen molar-refractivity contribution in [3.63, 3.8) is 0 Å². The predicted molar refractivity (Wildman–Crippen MR) is 111 cm³/mol. The number of aliphatic hydroxyl groups is 1. The molecule has 0 radical (unpaired) electrons. The molecule has 166 valence electrons. The number of aromatic nitrogens is 3. The van der Waals surface area contributed by atoms with Gasteiger partial charge < -0.3 is 15.3 Å². The minimum atomic E-state index is -0.801. The summed E-state index contributed by atoms with van der Waals surface area (Å²) in [6.07, 6.45) is 7.60. The van der Waals surface area contributed by atoms with Gasteiger partial charge in [0.25, 0.3) is 0 Å². The van der Waals surface area contributed by atoms with Crippen LogP contribution in [0.5, 0.6) is 0 Å². The molecule has 0 spiro atoms. The number of carbonyl (C=O) groups excluding carboxylic acids is 1. The Kier molecular flexibility index (Phi) is 5.52. The molecule has 3 saturated heterocycles. The van der Waals surface area contributed by atoms with E-state index in [0.29, 0.717) is 24.2 Å². The lowest BCUT2D eigenvalue weighted by Gasteiger charge is -2.46. The Morgan fingerprint density at radius 3 is 2.77 bits per heavy atom. The largest absolute Gasteiger partial charge is 0.383 e. The highest BCUT2D eigenvalue weighted by atomic mass is 19.1. The Morgan fingerprint density at radius 1 is 1.29 bits per heavy atom. The molecule has 4 atom stereocenters. The van der Waals surface area contributed by atoms with Gasteiger partial charge >= 0.3 is 0 Å². The number of nitrogens with zero attached hydrogens (tertiary/aromatic N) is 3. The topological polar surface area (TPSA) is 84.5 Å². The number of amides is 1. The first kappa shape index (κ1) is 20.6. The molecule has 2 bridgehead atoms. The van der Waals surface area contributed by atoms with E-state index in [9.17, 15) is 14.3 Å². The van der Waals surface area contributed by atoms with Gasteiger partial charge in [-0.3, -0.25) is 4.79 Å². The Bertz CT molecular complexity index is 924. The monoisotopic (exact) mass is 428 g/mol. The van der Waals surface area contributed by atoms with Crippen LogP contribution in [0.2, 0.25) is 0 Å². The van der Waals surface area contributed by atoms with E-state index in [1.165, 1.54) is 17.0 Å². The van der Waals surface area contributed by atoms with Gasteiger partial charge in [-0.15, -0.1) is 5.10 Å². The second kappa shape index (κ2) is 8.31. The second-order valence-electron chi connectivity index (χ2n) is 9.61. The quantitative estimate of drug-likeness (QED) is 0.635. The van der Waals surface area contributed by atoms with E-state index in [4.69, 9.17) is 0 Å². The molecule has 1 amide bonds. The van der Waals surface area contributed by atoms with Crippen molar-refractivity contribution >= 4 is 5.91 Å². The van der Waals surface area contributed by atoms with Gasteiger partial charge in [0.2, 0.25) is 5.91 Å². The molecule has 3 aliphatic heterocycles. The third-order valence-electron chi connectivity index (χ3n) is 7.62. The van der Waals surface area contributed by atoms with E-state index in [2.05, 4.69) is 15.6 Å². The number of fused-ring (bicyclic) bond motifs is 3. The van der Waals surface area contributed by atoms with Crippen LogP contribution in [0, 0.1) is 17.7 Å². The van der Waals surface area contributed by atoms with Crippen molar-refractivity contribution in [1.82, 2.24) is 20.3 Å². The number of halogens is 1. The minimum absolute atomic E-state index is 0.0333. The fourth-order valence-electron chi connectivity index (χ4n) is 5.78. The standard InChI is InChI=1S/C23H30FN5O2/c24-18-5-3-16(4-6-18)12-25-22(30)20-14-28-10-7-17(20)11-19(28)13-29-15-21(26-27-29)23(31)8-1-2-9-23/h3-6,15,17,19-20,31H,1-2,7-14H2,(H,25,30)/p+1/t17-,19+,20-/m0/s1. The first-order valence-electron chi connectivity index (χ1n) is 11.5. The summed E-state index contributed by atoms with van der Waals surface area (Å²) in [4.78, 5) is 14.3. The molecule has 7 nitrogen and oxygen atoms in total. The molecule has 1 saturated carbocycles. The van der Waals surface area contributed by atoms with Gasteiger partial charge in [-0.1, -0.05) is 30.2 Å². The first-order valence-corrected chi connectivity index (χ1v) is 11.5. The summed E-state index contributed by atoms with van der Waals surface area (Å²) in [5.41, 5.74) is 0.811. The van der Waals surface area contributed by atoms with Gasteiger partial charge in [-0.25, -0.2) is 9.07 Å². The van der Waals surface area contributed by atoms with Gasteiger partial charge in [0.15, 0.2) is 0 Å². The van der Waals surface area contributed by atoms with Crippen LogP contribution in [0.3, 0.4) is 0 Å². The number of hydrogen-bond donors (Lipinski definition) is 3. The van der Waals surface area contributed by atoms with E-state index >= 15 is 0 Å². The lowest BCUT2D eigenvalue weighted by Crippen LogP contribution is -3.20. The van der Waals surface area contributed by atoms with Gasteiger partial charge in [0.05, 0.1) is 31.7 Å². The highest BCUT2D eigenvalue weighted by molar-refractivity contribution is 5.79. The zero-order valence-electron chi connectivity index (χ0n) is 17.8. The van der Waals surface area contributed by atoms with Crippen molar-refractivity contribution in [2.75, 3.05) is 13.1 Å². The average molecular weight is 429 g/mol. The van der Waals surface area contributed by atoms with Crippen LogP contribution in [0.1, 0.15) is 49.8 Å². The summed E-state index contributed by atoms with van der Waals surface area (Å²) in [5.74, 6) is 0.263. The molecule has 4 aliphatic rings. The normalized spacial score (nSPS) is 29.2. The summed E-state index contributed by atoms with van der Waals surface area (Å²) >= 11 is 0. The van der Waals surface area contributed by atoms with Crippen LogP contribution in [0.25, 0.3) is 0 Å². The number of hydrogen-bond acceptors (Lipinski definition) is 4. The molecule has 6 rings (SSSR count). The molecule has 8 heteroatoms. The summed E-state index contributed by atoms with van der Waals surface area (Å²) in [7, 11) is 0. The molecule has 1 aliphatic carbocycles. The lowest BCUT2D eigenvalue weighted by molar-refractivity contribution is -0.945. The maximum Gasteiger partial charge on any atom is 0.229 e. The van der Waals surface area contributed by atoms with E-state index in [0.717, 1.165) is 63.7 Å². The van der Waals surface area contributed by atoms with E-state index in [1.807, 2.05) is 10.9 Å². The molecule has 1 aromatic carbocycles. The Morgan fingerprint density at radius 2 is 2.06 bits per heavy atom. The van der Waals surface area contributed by atoms with Crippen LogP contribution < -0.4 is 10.2 Å². The summed E-state index contributed by atoms with van der Waals surface area (Å²) < 4.78 is 14.9. The molecular weight excluding hydrogens is 397 g/mol. The SMILES string of the molecule is O=C(NCc1ccc(F)cc1)[C@H]1C[NH+]2CC[C@H]1C[C@@H]2Cn1cc(C2(O)CCCC2)nn1. The maximum atomic E-state index is 13.1. The number of rotatable bonds is 6. The van der Waals surface area contributed by atoms with Gasteiger partial charge in [0.1, 0.15) is 23.2 Å². The van der Waals surface area contributed by atoms with Crippen LogP contribution in [0.4, 0.5) is 4.39 Å². The number of benzene rings is 1. The number of quaternary nitrogens is 1. The summed E-state index contributed by atoms with van der Waals surface area (Å²) in [6, 6.07) is 6.69. The third kappa shape index (κ3) is 4.23. The number of nitrogens with one attached hydrogen (secondary N) is 2. The van der Waals surface area contributed by atoms with Crippen LogP contribution in [-0.4, -0.2) is 45.1 Å². The smallest absolute Gasteiger partial charge is 0.229 e. The fourth-order valence-corrected chi connectivity index (χ4v) is 5.78. The molecule has 2 aromatic rings. The highest BCUT2D eigenvalue weighted by Gasteiger charge is 2.46. The van der Waals surface area contributed by atoms with Crippen LogP contribution in [-0.2, 0) is 23.5 Å². The van der Waals surface area contributed by atoms with Gasteiger partial charge in [0, 0.05) is 19.4 Å². The maximum absolute atomic E-state index is 13.1. The molecule has 4 heterocycles. The molecule has 1 aromatic heterocycles. The molecular formula is C23H31FN5O2+. The van der Waals surface area contributed by atoms with Crippen molar-refractivity contribution < 1.29 is 19.2 Å². The summed E-state index contributed by atoms with van der Waals surface area (Å²) in [6.45, 7) is 3.14. The van der Waals surface area contributed by atoms with E-state index in [-0.39, 0.29) is 17.6 Å². The Balaban J connectivity index is 1.17. The van der Waals surface area contributed by atoms with E-state index < -0.39 is 5.60 Å². The molecule has 31 heavy (non-hydrogen) atoms. The van der Waals surface area contributed by atoms with Gasteiger partial charge in [-0.2, -0.15) is 0 Å². The van der Waals surface area contributed by atoms with Crippen LogP contribution >= 0.6 is 0 Å². The molecule has 1 unspecified atom stereocenters. The lowest BCUT2D eigenvalue weighted by atomic mass is 9.75. The predicted octanol–water partition coefficient (Wildman–Crippen LogP) is 0.789. The zero-order valence-corrected chi connectivity index (χ0v) is 17.8. The number of piperidine rings is 3. The number of carbonyl (C=O) groups is 1. The first-order chi connectivity index (χ1) is 15.0. The van der Waals surface area contributed by atoms with Crippen molar-refractivity contribution in [3.8, 4) is 0 Å². The van der Waals surface area contributed by atoms with Crippen LogP contribution in [0.15, 0.2) is 30.5 Å². The van der Waals surface area contributed by atoms with Crippen molar-refractivity contribution in [3.05, 3.63) is 47.5 Å².